The summed E-state index contributed by atoms with van der Waals surface area (Å²) in [5.41, 5.74) is 1.19. The molecule has 1 N–H and O–H groups in total. The molecule has 0 unspecified atom stereocenters. The van der Waals surface area contributed by atoms with Crippen LogP contribution in [0, 0.1) is 5.82 Å². The van der Waals surface area contributed by atoms with Gasteiger partial charge in [0.05, 0.1) is 18.6 Å². The first-order valence-corrected chi connectivity index (χ1v) is 10.3. The molecule has 0 amide bonds. The molecular weight excluding hydrogens is 381 g/mol. The number of hydrogen-bond donors (Lipinski definition) is 1. The Morgan fingerprint density at radius 1 is 1.12 bits per heavy atom. The van der Waals surface area contributed by atoms with Crippen LogP contribution in [0.5, 0.6) is 17.2 Å². The molecule has 8 heteroatoms. The van der Waals surface area contributed by atoms with Crippen LogP contribution in [0.15, 0.2) is 36.4 Å². The fourth-order valence-corrected chi connectivity index (χ4v) is 3.66. The van der Waals surface area contributed by atoms with Crippen LogP contribution in [0.3, 0.4) is 0 Å². The number of halogens is 2. The second-order valence-corrected chi connectivity index (χ2v) is 7.77. The van der Waals surface area contributed by atoms with Gasteiger partial charge in [-0.1, -0.05) is 13.0 Å². The lowest BCUT2D eigenvalue weighted by Crippen LogP contribution is -2.17. The number of benzene rings is 2. The summed E-state index contributed by atoms with van der Waals surface area (Å²) in [6, 6.07) is 9.27. The molecule has 26 heavy (non-hydrogen) atoms. The van der Waals surface area contributed by atoms with E-state index >= 15 is 0 Å². The fourth-order valence-electron chi connectivity index (χ4n) is 2.26. The van der Waals surface area contributed by atoms with Crippen LogP contribution < -0.4 is 14.2 Å². The molecule has 2 aromatic rings. The Morgan fingerprint density at radius 3 is 2.46 bits per heavy atom. The van der Waals surface area contributed by atoms with Crippen LogP contribution in [-0.4, -0.2) is 27.2 Å². The van der Waals surface area contributed by atoms with Crippen molar-refractivity contribution in [3.63, 3.8) is 0 Å². The van der Waals surface area contributed by atoms with E-state index in [9.17, 15) is 12.8 Å². The SMILES string of the molecule is CCc1ccc(Oc2ccc(NS(=O)(=O)CCCCl)cc2F)c(OC)c1. The van der Waals surface area contributed by atoms with Crippen molar-refractivity contribution in [2.75, 3.05) is 23.5 Å². The molecule has 0 spiro atoms. The lowest BCUT2D eigenvalue weighted by molar-refractivity contribution is 0.370. The van der Waals surface area contributed by atoms with Gasteiger partial charge < -0.3 is 9.47 Å². The normalized spacial score (nSPS) is 11.2. The highest BCUT2D eigenvalue weighted by molar-refractivity contribution is 7.92. The highest BCUT2D eigenvalue weighted by Crippen LogP contribution is 2.34. The monoisotopic (exact) mass is 401 g/mol. The Morgan fingerprint density at radius 2 is 1.85 bits per heavy atom. The van der Waals surface area contributed by atoms with Gasteiger partial charge in [-0.2, -0.15) is 0 Å². The van der Waals surface area contributed by atoms with Crippen LogP contribution in [0.25, 0.3) is 0 Å². The third kappa shape index (κ3) is 5.51. The highest BCUT2D eigenvalue weighted by Gasteiger charge is 2.14. The minimum absolute atomic E-state index is 0.0312. The second kappa shape index (κ2) is 9.09. The number of methoxy groups -OCH3 is 1. The van der Waals surface area contributed by atoms with E-state index in [-0.39, 0.29) is 23.1 Å². The van der Waals surface area contributed by atoms with E-state index in [4.69, 9.17) is 21.1 Å². The predicted molar refractivity (Wildman–Crippen MR) is 102 cm³/mol. The van der Waals surface area contributed by atoms with Crippen LogP contribution >= 0.6 is 11.6 Å². The van der Waals surface area contributed by atoms with Crippen LogP contribution in [-0.2, 0) is 16.4 Å². The van der Waals surface area contributed by atoms with E-state index < -0.39 is 15.8 Å². The van der Waals surface area contributed by atoms with Crippen molar-refractivity contribution in [2.24, 2.45) is 0 Å². The molecule has 142 valence electrons. The quantitative estimate of drug-likeness (QED) is 0.625. The van der Waals surface area contributed by atoms with E-state index in [0.717, 1.165) is 18.1 Å². The Bertz CT molecular complexity index is 858. The fraction of sp³-hybridized carbons (Fsp3) is 0.333. The maximum atomic E-state index is 14.3. The molecule has 0 aliphatic carbocycles. The summed E-state index contributed by atoms with van der Waals surface area (Å²) in [4.78, 5) is 0. The predicted octanol–water partition coefficient (Wildman–Crippen LogP) is 4.56. The number of anilines is 1. The summed E-state index contributed by atoms with van der Waals surface area (Å²) >= 11 is 5.50. The molecule has 2 rings (SSSR count). The average Bonchev–Trinajstić information content (AvgIpc) is 2.62. The molecule has 0 fully saturated rings. The van der Waals surface area contributed by atoms with Gasteiger partial charge >= 0.3 is 0 Å². The molecule has 0 saturated heterocycles. The summed E-state index contributed by atoms with van der Waals surface area (Å²) in [6.45, 7) is 2.02. The van der Waals surface area contributed by atoms with Gasteiger partial charge in [-0.25, -0.2) is 12.8 Å². The maximum Gasteiger partial charge on any atom is 0.232 e. The van der Waals surface area contributed by atoms with Gasteiger partial charge in [0.2, 0.25) is 10.0 Å². The molecule has 0 radical (unpaired) electrons. The summed E-state index contributed by atoms with van der Waals surface area (Å²) in [5.74, 6) is 0.256. The minimum atomic E-state index is -3.57. The molecule has 2 aromatic carbocycles. The van der Waals surface area contributed by atoms with E-state index in [2.05, 4.69) is 4.72 Å². The van der Waals surface area contributed by atoms with Gasteiger partial charge in [-0.3, -0.25) is 4.72 Å². The largest absolute Gasteiger partial charge is 0.493 e. The number of alkyl halides is 1. The second-order valence-electron chi connectivity index (χ2n) is 5.55. The Hall–Kier alpha value is -1.99. The topological polar surface area (TPSA) is 64.6 Å². The summed E-state index contributed by atoms with van der Waals surface area (Å²) in [6.07, 6.45) is 1.15. The summed E-state index contributed by atoms with van der Waals surface area (Å²) in [7, 11) is -2.05. The number of nitrogens with one attached hydrogen (secondary N) is 1. The Balaban J connectivity index is 2.18. The van der Waals surface area contributed by atoms with Crippen LogP contribution in [0.1, 0.15) is 18.9 Å². The zero-order chi connectivity index (χ0) is 19.2. The van der Waals surface area contributed by atoms with Crippen molar-refractivity contribution in [3.05, 3.63) is 47.8 Å². The van der Waals surface area contributed by atoms with Gasteiger partial charge in [0, 0.05) is 11.9 Å². The minimum Gasteiger partial charge on any atom is -0.493 e. The van der Waals surface area contributed by atoms with Gasteiger partial charge in [0.25, 0.3) is 0 Å². The van der Waals surface area contributed by atoms with Gasteiger partial charge in [0.1, 0.15) is 0 Å². The first-order chi connectivity index (χ1) is 12.4. The van der Waals surface area contributed by atoms with Crippen molar-refractivity contribution in [3.8, 4) is 17.2 Å². The average molecular weight is 402 g/mol. The number of rotatable bonds is 9. The lowest BCUT2D eigenvalue weighted by Gasteiger charge is -2.13. The molecule has 5 nitrogen and oxygen atoms in total. The number of sulfonamides is 1. The Kier molecular flexibility index (Phi) is 7.11. The molecule has 0 saturated carbocycles. The van der Waals surface area contributed by atoms with E-state index in [1.54, 1.807) is 6.07 Å². The van der Waals surface area contributed by atoms with Crippen LogP contribution in [0.2, 0.25) is 0 Å². The molecule has 0 bridgehead atoms. The molecule has 0 aliphatic heterocycles. The standard InChI is InChI=1S/C18H21ClFNO4S/c1-3-13-5-7-17(18(11-13)24-2)25-16-8-6-14(12-15(16)20)21-26(22,23)10-4-9-19/h5-8,11-12,21H,3-4,9-10H2,1-2H3. The van der Waals surface area contributed by atoms with Crippen molar-refractivity contribution in [1.82, 2.24) is 0 Å². The molecular formula is C18H21ClFNO4S. The lowest BCUT2D eigenvalue weighted by atomic mass is 10.1. The van der Waals surface area contributed by atoms with Crippen molar-refractivity contribution in [1.29, 1.82) is 0 Å². The van der Waals surface area contributed by atoms with Crippen molar-refractivity contribution >= 4 is 27.3 Å². The zero-order valence-electron chi connectivity index (χ0n) is 14.6. The van der Waals surface area contributed by atoms with Gasteiger partial charge in [-0.15, -0.1) is 11.6 Å². The smallest absolute Gasteiger partial charge is 0.232 e. The first kappa shape index (κ1) is 20.3. The van der Waals surface area contributed by atoms with Crippen molar-refractivity contribution < 1.29 is 22.3 Å². The number of ether oxygens (including phenoxy) is 2. The van der Waals surface area contributed by atoms with Gasteiger partial charge in [-0.05, 0) is 42.7 Å². The summed E-state index contributed by atoms with van der Waals surface area (Å²) < 4.78 is 51.2. The van der Waals surface area contributed by atoms with E-state index in [0.29, 0.717) is 17.9 Å². The van der Waals surface area contributed by atoms with Crippen LogP contribution in [0.4, 0.5) is 10.1 Å². The zero-order valence-corrected chi connectivity index (χ0v) is 16.2. The Labute approximate surface area is 158 Å². The first-order valence-electron chi connectivity index (χ1n) is 8.09. The van der Waals surface area contributed by atoms with Gasteiger partial charge in [0.15, 0.2) is 23.1 Å². The third-order valence-electron chi connectivity index (χ3n) is 3.61. The maximum absolute atomic E-state index is 14.3. The molecule has 0 heterocycles. The number of aryl methyl sites for hydroxylation is 1. The van der Waals surface area contributed by atoms with E-state index in [1.807, 2.05) is 19.1 Å². The highest BCUT2D eigenvalue weighted by atomic mass is 35.5. The van der Waals surface area contributed by atoms with E-state index in [1.165, 1.54) is 19.2 Å². The molecule has 0 aromatic heterocycles. The van der Waals surface area contributed by atoms with Crippen molar-refractivity contribution in [2.45, 2.75) is 19.8 Å². The third-order valence-corrected chi connectivity index (χ3v) is 5.25. The molecule has 0 aliphatic rings. The number of hydrogen-bond acceptors (Lipinski definition) is 4. The molecule has 0 atom stereocenters. The summed E-state index contributed by atoms with van der Waals surface area (Å²) in [5, 5.41) is 0.